The van der Waals surface area contributed by atoms with E-state index in [1.165, 1.54) is 0 Å². The largest absolute Gasteiger partial charge is 0.473 e. The summed E-state index contributed by atoms with van der Waals surface area (Å²) in [6, 6.07) is 10.6. The van der Waals surface area contributed by atoms with Gasteiger partial charge >= 0.3 is 0 Å². The summed E-state index contributed by atoms with van der Waals surface area (Å²) in [4.78, 5) is 19.4. The quantitative estimate of drug-likeness (QED) is 0.632. The second-order valence-electron chi connectivity index (χ2n) is 5.83. The topological polar surface area (TPSA) is 67.0 Å². The SMILES string of the molecule is Cc1ccc(C(=O)Nc2ccc(Cl)c(COc3cnc(C)[nH]3)c2Cl)cc1. The number of benzene rings is 2. The second-order valence-corrected chi connectivity index (χ2v) is 6.61. The summed E-state index contributed by atoms with van der Waals surface area (Å²) in [7, 11) is 0. The minimum atomic E-state index is -0.245. The van der Waals surface area contributed by atoms with E-state index in [0.29, 0.717) is 32.7 Å². The van der Waals surface area contributed by atoms with Crippen LogP contribution in [0.25, 0.3) is 0 Å². The van der Waals surface area contributed by atoms with Gasteiger partial charge in [-0.3, -0.25) is 4.79 Å². The van der Waals surface area contributed by atoms with Gasteiger partial charge in [0, 0.05) is 16.1 Å². The molecule has 5 nitrogen and oxygen atoms in total. The number of rotatable bonds is 5. The zero-order valence-electron chi connectivity index (χ0n) is 14.3. The van der Waals surface area contributed by atoms with Crippen LogP contribution in [0.3, 0.4) is 0 Å². The normalized spacial score (nSPS) is 10.6. The van der Waals surface area contributed by atoms with Gasteiger partial charge in [-0.25, -0.2) is 4.98 Å². The van der Waals surface area contributed by atoms with Crippen molar-refractivity contribution in [2.45, 2.75) is 20.5 Å². The number of hydrogen-bond donors (Lipinski definition) is 2. The van der Waals surface area contributed by atoms with Crippen LogP contribution in [0.4, 0.5) is 5.69 Å². The third-order valence-corrected chi connectivity index (χ3v) is 4.59. The minimum absolute atomic E-state index is 0.146. The Labute approximate surface area is 161 Å². The summed E-state index contributed by atoms with van der Waals surface area (Å²) in [5.74, 6) is 1.02. The highest BCUT2D eigenvalue weighted by molar-refractivity contribution is 6.38. The molecule has 134 valence electrons. The average Bonchev–Trinajstić information content (AvgIpc) is 3.03. The van der Waals surface area contributed by atoms with Gasteiger partial charge in [0.15, 0.2) is 0 Å². The molecule has 0 saturated heterocycles. The Balaban J connectivity index is 1.77. The maximum absolute atomic E-state index is 12.4. The van der Waals surface area contributed by atoms with E-state index in [9.17, 15) is 4.79 Å². The van der Waals surface area contributed by atoms with Gasteiger partial charge in [-0.05, 0) is 38.1 Å². The zero-order valence-corrected chi connectivity index (χ0v) is 15.8. The number of nitrogens with one attached hydrogen (secondary N) is 2. The Hall–Kier alpha value is -2.50. The molecule has 0 bridgehead atoms. The number of carbonyl (C=O) groups excluding carboxylic acids is 1. The summed E-state index contributed by atoms with van der Waals surface area (Å²) in [5.41, 5.74) is 2.69. The molecule has 0 unspecified atom stereocenters. The second kappa shape index (κ2) is 7.81. The van der Waals surface area contributed by atoms with Gasteiger partial charge in [-0.2, -0.15) is 0 Å². The molecule has 26 heavy (non-hydrogen) atoms. The van der Waals surface area contributed by atoms with Crippen molar-refractivity contribution in [3.05, 3.63) is 75.2 Å². The third kappa shape index (κ3) is 4.18. The zero-order chi connectivity index (χ0) is 18.7. The number of halogens is 2. The van der Waals surface area contributed by atoms with Crippen LogP contribution in [0, 0.1) is 13.8 Å². The van der Waals surface area contributed by atoms with E-state index in [1.807, 2.05) is 26.0 Å². The number of aromatic amines is 1. The first-order valence-corrected chi connectivity index (χ1v) is 8.69. The predicted octanol–water partition coefficient (Wildman–Crippen LogP) is 5.16. The van der Waals surface area contributed by atoms with Crippen LogP contribution in [0.5, 0.6) is 5.88 Å². The van der Waals surface area contributed by atoms with Crippen molar-refractivity contribution < 1.29 is 9.53 Å². The molecule has 3 aromatic rings. The molecule has 3 rings (SSSR count). The lowest BCUT2D eigenvalue weighted by Crippen LogP contribution is -2.13. The van der Waals surface area contributed by atoms with E-state index in [1.54, 1.807) is 30.5 Å². The highest BCUT2D eigenvalue weighted by atomic mass is 35.5. The van der Waals surface area contributed by atoms with Gasteiger partial charge < -0.3 is 15.0 Å². The number of nitrogens with zero attached hydrogens (tertiary/aromatic N) is 1. The Morgan fingerprint density at radius 2 is 1.88 bits per heavy atom. The van der Waals surface area contributed by atoms with Gasteiger partial charge in [0.05, 0.1) is 16.9 Å². The molecule has 0 aliphatic rings. The summed E-state index contributed by atoms with van der Waals surface area (Å²) < 4.78 is 5.63. The standard InChI is InChI=1S/C19H17Cl2N3O2/c1-11-3-5-13(6-4-11)19(25)24-16-8-7-15(20)14(18(16)21)10-26-17-9-22-12(2)23-17/h3-9H,10H2,1-2H3,(H,22,23)(H,24,25). The van der Waals surface area contributed by atoms with Crippen LogP contribution >= 0.6 is 23.2 Å². The Morgan fingerprint density at radius 1 is 1.15 bits per heavy atom. The fourth-order valence-electron chi connectivity index (χ4n) is 2.35. The lowest BCUT2D eigenvalue weighted by molar-refractivity contribution is 0.102. The number of anilines is 1. The molecular weight excluding hydrogens is 373 g/mol. The molecular formula is C19H17Cl2N3O2. The monoisotopic (exact) mass is 389 g/mol. The van der Waals surface area contributed by atoms with Gasteiger partial charge in [-0.1, -0.05) is 40.9 Å². The Bertz CT molecular complexity index is 936. The fourth-order valence-corrected chi connectivity index (χ4v) is 2.87. The summed E-state index contributed by atoms with van der Waals surface area (Å²) in [5, 5.41) is 3.61. The molecule has 0 fully saturated rings. The molecule has 7 heteroatoms. The first-order chi connectivity index (χ1) is 12.4. The van der Waals surface area contributed by atoms with Crippen molar-refractivity contribution in [2.24, 2.45) is 0 Å². The van der Waals surface area contributed by atoms with Crippen molar-refractivity contribution >= 4 is 34.8 Å². The molecule has 1 amide bonds. The molecule has 1 heterocycles. The van der Waals surface area contributed by atoms with Crippen LogP contribution in [-0.4, -0.2) is 15.9 Å². The van der Waals surface area contributed by atoms with Gasteiger partial charge in [0.2, 0.25) is 5.88 Å². The van der Waals surface area contributed by atoms with Gasteiger partial charge in [0.1, 0.15) is 12.4 Å². The average molecular weight is 390 g/mol. The Kier molecular flexibility index (Phi) is 5.49. The molecule has 0 atom stereocenters. The van der Waals surface area contributed by atoms with Crippen LogP contribution in [0.15, 0.2) is 42.6 Å². The maximum Gasteiger partial charge on any atom is 0.255 e. The van der Waals surface area contributed by atoms with Crippen LogP contribution < -0.4 is 10.1 Å². The summed E-state index contributed by atoms with van der Waals surface area (Å²) in [6.45, 7) is 3.94. The highest BCUT2D eigenvalue weighted by Crippen LogP contribution is 2.33. The van der Waals surface area contributed by atoms with Crippen LogP contribution in [0.2, 0.25) is 10.0 Å². The van der Waals surface area contributed by atoms with E-state index in [0.717, 1.165) is 11.4 Å². The molecule has 0 aliphatic heterocycles. The van der Waals surface area contributed by atoms with E-state index in [2.05, 4.69) is 15.3 Å². The van der Waals surface area contributed by atoms with Gasteiger partial charge in [0.25, 0.3) is 5.91 Å². The van der Waals surface area contributed by atoms with Crippen molar-refractivity contribution in [2.75, 3.05) is 5.32 Å². The number of hydrogen-bond acceptors (Lipinski definition) is 3. The molecule has 0 saturated carbocycles. The van der Waals surface area contributed by atoms with E-state index >= 15 is 0 Å². The fraction of sp³-hybridized carbons (Fsp3) is 0.158. The molecule has 0 spiro atoms. The van der Waals surface area contributed by atoms with Crippen molar-refractivity contribution in [3.8, 4) is 5.88 Å². The molecule has 2 N–H and O–H groups in total. The minimum Gasteiger partial charge on any atom is -0.473 e. The number of aromatic nitrogens is 2. The van der Waals surface area contributed by atoms with Crippen molar-refractivity contribution in [1.82, 2.24) is 9.97 Å². The Morgan fingerprint density at radius 3 is 2.54 bits per heavy atom. The first kappa shape index (κ1) is 18.3. The van der Waals surface area contributed by atoms with Crippen LogP contribution in [-0.2, 0) is 6.61 Å². The van der Waals surface area contributed by atoms with E-state index < -0.39 is 0 Å². The molecule has 1 aromatic heterocycles. The number of carbonyl (C=O) groups is 1. The van der Waals surface area contributed by atoms with E-state index in [-0.39, 0.29) is 12.5 Å². The lowest BCUT2D eigenvalue weighted by atomic mass is 10.1. The number of imidazole rings is 1. The maximum atomic E-state index is 12.4. The summed E-state index contributed by atoms with van der Waals surface area (Å²) in [6.07, 6.45) is 1.58. The number of ether oxygens (including phenoxy) is 1. The van der Waals surface area contributed by atoms with E-state index in [4.69, 9.17) is 27.9 Å². The smallest absolute Gasteiger partial charge is 0.255 e. The van der Waals surface area contributed by atoms with Crippen molar-refractivity contribution in [3.63, 3.8) is 0 Å². The third-order valence-electron chi connectivity index (χ3n) is 3.80. The van der Waals surface area contributed by atoms with Gasteiger partial charge in [-0.15, -0.1) is 0 Å². The molecule has 0 aliphatic carbocycles. The number of H-pyrrole nitrogens is 1. The summed E-state index contributed by atoms with van der Waals surface area (Å²) >= 11 is 12.7. The molecule has 0 radical (unpaired) electrons. The lowest BCUT2D eigenvalue weighted by Gasteiger charge is -2.13. The molecule has 2 aromatic carbocycles. The predicted molar refractivity (Wildman–Crippen MR) is 103 cm³/mol. The number of amides is 1. The highest BCUT2D eigenvalue weighted by Gasteiger charge is 2.15. The van der Waals surface area contributed by atoms with Crippen LogP contribution in [0.1, 0.15) is 27.3 Å². The first-order valence-electron chi connectivity index (χ1n) is 7.93. The number of aryl methyl sites for hydroxylation is 2. The van der Waals surface area contributed by atoms with Crippen molar-refractivity contribution in [1.29, 1.82) is 0 Å².